The molecule has 4 N–H and O–H groups in total. The summed E-state index contributed by atoms with van der Waals surface area (Å²) in [4.78, 5) is 79.9. The minimum absolute atomic E-state index is 0.0374. The first-order valence-electron chi connectivity index (χ1n) is 17.8. The van der Waals surface area contributed by atoms with Crippen LogP contribution in [0.4, 0.5) is 21.0 Å². The number of nitrogens with one attached hydrogen (secondary N) is 2. The van der Waals surface area contributed by atoms with Gasteiger partial charge in [0.15, 0.2) is 5.96 Å². The van der Waals surface area contributed by atoms with Gasteiger partial charge in [0.05, 0.1) is 23.5 Å². The number of nitro groups is 2. The Morgan fingerprint density at radius 2 is 1.47 bits per heavy atom. The monoisotopic (exact) mass is 806 g/mol. The third kappa shape index (κ3) is 12.3. The first-order chi connectivity index (χ1) is 27.4. The predicted octanol–water partition coefficient (Wildman–Crippen LogP) is 3.87. The number of carbonyl (C=O) groups is 4. The lowest BCUT2D eigenvalue weighted by atomic mass is 10.2. The van der Waals surface area contributed by atoms with E-state index in [-0.39, 0.29) is 79.7 Å². The lowest BCUT2D eigenvalue weighted by molar-refractivity contribution is -0.385. The summed E-state index contributed by atoms with van der Waals surface area (Å²) in [6.07, 6.45) is -0.712. The van der Waals surface area contributed by atoms with Crippen LogP contribution in [0.2, 0.25) is 0 Å². The fourth-order valence-corrected chi connectivity index (χ4v) is 7.35. The first-order valence-corrected chi connectivity index (χ1v) is 18.9. The van der Waals surface area contributed by atoms with Gasteiger partial charge < -0.3 is 30.2 Å². The van der Waals surface area contributed by atoms with Gasteiger partial charge in [0.1, 0.15) is 25.0 Å². The van der Waals surface area contributed by atoms with Gasteiger partial charge in [-0.2, -0.15) is 11.8 Å². The number of aliphatic imine (C=N–C) groups is 1. The van der Waals surface area contributed by atoms with Gasteiger partial charge in [-0.1, -0.05) is 12.1 Å². The molecule has 2 aliphatic rings. The predicted molar refractivity (Wildman–Crippen MR) is 207 cm³/mol. The fraction of sp³-hybridized carbons (Fsp3) is 0.378. The van der Waals surface area contributed by atoms with Crippen molar-refractivity contribution in [3.8, 4) is 5.75 Å². The Hall–Kier alpha value is -6.44. The molecule has 57 heavy (non-hydrogen) atoms. The maximum Gasteiger partial charge on any atom is 0.414 e. The van der Waals surface area contributed by atoms with Crippen LogP contribution in [0.5, 0.6) is 5.75 Å². The second kappa shape index (κ2) is 19.9. The number of carbonyl (C=O) groups excluding carboxylic acids is 4. The molecule has 2 fully saturated rings. The molecule has 0 bridgehead atoms. The summed E-state index contributed by atoms with van der Waals surface area (Å²) in [5.74, 6) is 0.540. The number of nitrogens with zero attached hydrogens (tertiary/aromatic N) is 5. The number of methoxy groups -OCH3 is 1. The van der Waals surface area contributed by atoms with E-state index in [1.807, 2.05) is 24.3 Å². The smallest absolute Gasteiger partial charge is 0.414 e. The van der Waals surface area contributed by atoms with E-state index in [0.717, 1.165) is 11.3 Å². The largest absolute Gasteiger partial charge is 0.497 e. The van der Waals surface area contributed by atoms with Gasteiger partial charge in [0.25, 0.3) is 11.4 Å². The number of non-ortho nitro benzene ring substituents is 2. The molecule has 2 heterocycles. The zero-order valence-electron chi connectivity index (χ0n) is 30.9. The van der Waals surface area contributed by atoms with Crippen LogP contribution in [0.25, 0.3) is 0 Å². The van der Waals surface area contributed by atoms with Crippen LogP contribution in [0.15, 0.2) is 77.8 Å². The van der Waals surface area contributed by atoms with E-state index in [9.17, 15) is 39.4 Å². The standard InChI is InChI=1S/C37H42N8O11S/c1-54-30-12-6-26(7-13-30)23-57-31-18-32(43(20-31)37(49)56-22-25-4-10-29(11-5-25)45(52)53)34(47)42-17-15-27(19-42)40-33(46)14-16-39-35(38)41-36(48)55-21-24-2-8-28(9-3-24)44(50)51/h2-13,27,31-32H,14-23H2,1H3,(H,40,46)(H3,38,39,41,48)/t27-,31-,32-/m0/s1. The third-order valence-electron chi connectivity index (χ3n) is 9.17. The summed E-state index contributed by atoms with van der Waals surface area (Å²) in [6.45, 7) is 0.564. The van der Waals surface area contributed by atoms with Crippen molar-refractivity contribution in [2.45, 2.75) is 55.6 Å². The number of benzene rings is 3. The Kier molecular flexibility index (Phi) is 14.6. The minimum atomic E-state index is -0.893. The highest BCUT2D eigenvalue weighted by Gasteiger charge is 2.43. The Labute approximate surface area is 331 Å². The number of nitrogens with two attached hydrogens (primary N) is 1. The topological polar surface area (TPSA) is 251 Å². The highest BCUT2D eigenvalue weighted by atomic mass is 32.2. The van der Waals surface area contributed by atoms with Crippen molar-refractivity contribution < 1.29 is 43.2 Å². The van der Waals surface area contributed by atoms with Crippen molar-refractivity contribution in [3.63, 3.8) is 0 Å². The molecule has 2 saturated heterocycles. The summed E-state index contributed by atoms with van der Waals surface area (Å²) in [7, 11) is 1.60. The van der Waals surface area contributed by atoms with Gasteiger partial charge in [-0.05, 0) is 65.9 Å². The molecule has 2 aliphatic heterocycles. The molecular weight excluding hydrogens is 765 g/mol. The molecule has 4 amide bonds. The van der Waals surface area contributed by atoms with Crippen molar-refractivity contribution in [3.05, 3.63) is 110 Å². The van der Waals surface area contributed by atoms with Gasteiger partial charge in [0, 0.05) is 67.4 Å². The van der Waals surface area contributed by atoms with E-state index in [1.54, 1.807) is 23.8 Å². The normalized spacial score (nSPS) is 17.8. The first kappa shape index (κ1) is 41.7. The van der Waals surface area contributed by atoms with E-state index < -0.39 is 28.1 Å². The molecule has 20 heteroatoms. The van der Waals surface area contributed by atoms with Crippen LogP contribution in [-0.4, -0.2) is 100 Å². The number of ether oxygens (including phenoxy) is 3. The molecule has 3 atom stereocenters. The van der Waals surface area contributed by atoms with Crippen molar-refractivity contribution in [1.82, 2.24) is 20.4 Å². The highest BCUT2D eigenvalue weighted by molar-refractivity contribution is 7.99. The van der Waals surface area contributed by atoms with Crippen molar-refractivity contribution in [2.75, 3.05) is 33.3 Å². The zero-order valence-corrected chi connectivity index (χ0v) is 31.8. The average Bonchev–Trinajstić information content (AvgIpc) is 3.86. The molecule has 0 radical (unpaired) electrons. The van der Waals surface area contributed by atoms with Gasteiger partial charge in [-0.3, -0.25) is 45.0 Å². The molecule has 302 valence electrons. The summed E-state index contributed by atoms with van der Waals surface area (Å²) < 4.78 is 15.9. The Bertz CT molecular complexity index is 1950. The number of hydrogen-bond donors (Lipinski definition) is 3. The molecule has 0 aliphatic carbocycles. The number of nitro benzene ring substituents is 2. The van der Waals surface area contributed by atoms with E-state index in [4.69, 9.17) is 19.9 Å². The molecule has 3 aromatic rings. The number of alkyl carbamates (subject to hydrolysis) is 1. The van der Waals surface area contributed by atoms with E-state index in [1.165, 1.54) is 53.4 Å². The molecule has 5 rings (SSSR count). The summed E-state index contributed by atoms with van der Waals surface area (Å²) in [6, 6.07) is 17.7. The highest BCUT2D eigenvalue weighted by Crippen LogP contribution is 2.32. The quantitative estimate of drug-likeness (QED) is 0.0855. The van der Waals surface area contributed by atoms with Gasteiger partial charge in [0.2, 0.25) is 11.8 Å². The van der Waals surface area contributed by atoms with Crippen molar-refractivity contribution >= 4 is 53.1 Å². The zero-order chi connectivity index (χ0) is 40.9. The van der Waals surface area contributed by atoms with Crippen molar-refractivity contribution in [2.24, 2.45) is 10.7 Å². The van der Waals surface area contributed by atoms with Crippen LogP contribution in [-0.2, 0) is 38.0 Å². The maximum absolute atomic E-state index is 13.9. The summed E-state index contributed by atoms with van der Waals surface area (Å²) in [5, 5.41) is 26.9. The number of likely N-dealkylation sites (tertiary alicyclic amines) is 2. The number of hydrogen-bond acceptors (Lipinski definition) is 13. The molecule has 0 unspecified atom stereocenters. The van der Waals surface area contributed by atoms with Crippen LogP contribution in [0.1, 0.15) is 36.0 Å². The second-order valence-corrected chi connectivity index (χ2v) is 14.4. The van der Waals surface area contributed by atoms with Gasteiger partial charge >= 0.3 is 12.2 Å². The van der Waals surface area contributed by atoms with E-state index in [2.05, 4.69) is 15.6 Å². The van der Waals surface area contributed by atoms with Crippen LogP contribution in [0.3, 0.4) is 0 Å². The lowest BCUT2D eigenvalue weighted by Crippen LogP contribution is -2.48. The maximum atomic E-state index is 13.9. The molecular formula is C37H42N8O11S. The van der Waals surface area contributed by atoms with Gasteiger partial charge in [-0.15, -0.1) is 0 Å². The Morgan fingerprint density at radius 3 is 2.07 bits per heavy atom. The minimum Gasteiger partial charge on any atom is -0.497 e. The number of thioether (sulfide) groups is 1. The number of amides is 4. The molecule has 19 nitrogen and oxygen atoms in total. The van der Waals surface area contributed by atoms with Crippen LogP contribution >= 0.6 is 11.8 Å². The molecule has 0 aromatic heterocycles. The molecule has 0 saturated carbocycles. The fourth-order valence-electron chi connectivity index (χ4n) is 6.14. The average molecular weight is 807 g/mol. The SMILES string of the molecule is COc1ccc(CS[C@H]2C[C@@H](C(=O)N3CC[C@H](NC(=O)CCN=C(N)NC(=O)OCc4ccc([N+](=O)[O-])cc4)C3)N(C(=O)OCc3ccc([N+](=O)[O-])cc3)C2)cc1. The van der Waals surface area contributed by atoms with E-state index >= 15 is 0 Å². The lowest BCUT2D eigenvalue weighted by Gasteiger charge is -2.27. The second-order valence-electron chi connectivity index (χ2n) is 13.1. The van der Waals surface area contributed by atoms with Gasteiger partial charge in [-0.25, -0.2) is 9.59 Å². The number of rotatable bonds is 15. The summed E-state index contributed by atoms with van der Waals surface area (Å²) in [5.41, 5.74) is 7.71. The molecule has 3 aromatic carbocycles. The Morgan fingerprint density at radius 1 is 0.877 bits per heavy atom. The number of guanidine groups is 1. The van der Waals surface area contributed by atoms with Crippen molar-refractivity contribution in [1.29, 1.82) is 0 Å². The third-order valence-corrected chi connectivity index (χ3v) is 10.5. The molecule has 0 spiro atoms. The van der Waals surface area contributed by atoms with Crippen LogP contribution in [0, 0.1) is 20.2 Å². The summed E-state index contributed by atoms with van der Waals surface area (Å²) >= 11 is 1.63. The Balaban J connectivity index is 1.09. The van der Waals surface area contributed by atoms with Crippen LogP contribution < -0.4 is 21.1 Å². The van der Waals surface area contributed by atoms with E-state index in [0.29, 0.717) is 36.3 Å².